The lowest BCUT2D eigenvalue weighted by molar-refractivity contribution is -0.128. The number of H-pyrrole nitrogens is 2. The summed E-state index contributed by atoms with van der Waals surface area (Å²) in [6.45, 7) is 9.19. The van der Waals surface area contributed by atoms with E-state index in [-0.39, 0.29) is 54.4 Å². The Morgan fingerprint density at radius 1 is 0.754 bits per heavy atom. The van der Waals surface area contributed by atoms with Gasteiger partial charge in [-0.25, -0.2) is 0 Å². The third-order valence-corrected chi connectivity index (χ3v) is 8.94. The van der Waals surface area contributed by atoms with Crippen molar-refractivity contribution in [3.63, 3.8) is 0 Å². The second-order valence-electron chi connectivity index (χ2n) is 12.9. The van der Waals surface area contributed by atoms with Crippen molar-refractivity contribution in [1.82, 2.24) is 38.7 Å². The molecule has 4 aromatic heterocycles. The Morgan fingerprint density at radius 2 is 1.32 bits per heavy atom. The zero-order valence-electron chi connectivity index (χ0n) is 31.8. The number of imidazole rings is 2. The first-order chi connectivity index (χ1) is 27.4. The van der Waals surface area contributed by atoms with Gasteiger partial charge in [0.15, 0.2) is 0 Å². The molecule has 0 aliphatic carbocycles. The predicted octanol–water partition coefficient (Wildman–Crippen LogP) is 2.18. The van der Waals surface area contributed by atoms with Gasteiger partial charge in [-0.2, -0.15) is 20.2 Å². The molecule has 0 aliphatic rings. The number of ether oxygens (including phenoxy) is 2. The fraction of sp³-hybridized carbons (Fsp3) is 0.289. The number of allylic oxidation sites excluding steroid dienone is 2. The molecule has 0 unspecified atom stereocenters. The number of nitrogens with zero attached hydrogens (tertiary/aromatic N) is 8. The number of carbonyl (C=O) groups excluding carboxylic acids is 5. The summed E-state index contributed by atoms with van der Waals surface area (Å²) >= 11 is 0. The van der Waals surface area contributed by atoms with Gasteiger partial charge < -0.3 is 40.0 Å². The van der Waals surface area contributed by atoms with Crippen LogP contribution in [0.1, 0.15) is 73.3 Å². The van der Waals surface area contributed by atoms with Gasteiger partial charge in [-0.3, -0.25) is 33.3 Å². The second kappa shape index (κ2) is 17.0. The zero-order chi connectivity index (χ0) is 40.8. The van der Waals surface area contributed by atoms with Crippen LogP contribution >= 0.6 is 0 Å². The Kier molecular flexibility index (Phi) is 11.8. The third kappa shape index (κ3) is 8.51. The molecular formula is C38H42N12O7. The van der Waals surface area contributed by atoms with Crippen molar-refractivity contribution in [3.8, 4) is 5.75 Å². The van der Waals surface area contributed by atoms with Gasteiger partial charge in [0.05, 0.1) is 41.2 Å². The van der Waals surface area contributed by atoms with Crippen molar-refractivity contribution in [2.45, 2.75) is 60.3 Å². The molecule has 6 rings (SSSR count). The van der Waals surface area contributed by atoms with E-state index in [0.29, 0.717) is 70.8 Å². The largest absolute Gasteiger partial charge is 0.491 e. The maximum atomic E-state index is 13.6. The van der Waals surface area contributed by atoms with Gasteiger partial charge in [-0.05, 0) is 70.2 Å². The number of primary amides is 2. The number of rotatable bonds is 16. The summed E-state index contributed by atoms with van der Waals surface area (Å²) in [7, 11) is 0. The highest BCUT2D eigenvalue weighted by molar-refractivity contribution is 5.99. The Hall–Kier alpha value is -7.31. The molecule has 2 aromatic carbocycles. The third-order valence-electron chi connectivity index (χ3n) is 8.94. The number of aromatic amines is 2. The number of nitrogens with two attached hydrogens (primary N) is 2. The van der Waals surface area contributed by atoms with Crippen molar-refractivity contribution in [2.75, 3.05) is 13.2 Å². The predicted molar refractivity (Wildman–Crippen MR) is 206 cm³/mol. The summed E-state index contributed by atoms with van der Waals surface area (Å²) in [4.78, 5) is 77.2. The van der Waals surface area contributed by atoms with Crippen LogP contribution in [0.5, 0.6) is 5.75 Å². The van der Waals surface area contributed by atoms with E-state index in [1.807, 2.05) is 26.0 Å². The standard InChI is InChI=1S/C38H42N12O7/c1-5-49-29(16-22(3)45-49)35(54)43-37-41-26-18-24(33(39)52)10-11-28(26)47(37)12-7-8-13-48-32-27(19-25(34(40)53)20-31(32)57-15-9-14-56-21-51)42-38(48)44-36(55)30-17-23(4)46-50(30)6-2/h7-8,10-11,16-21H,5-6,9,12-15H2,1-4H3,(H2,39,52)(H2,40,53)(H,41,43,54)(H,42,44,55)/b8-7+. The van der Waals surface area contributed by atoms with Crippen molar-refractivity contribution in [3.05, 3.63) is 99.8 Å². The van der Waals surface area contributed by atoms with E-state index in [2.05, 4.69) is 30.2 Å². The molecule has 0 spiro atoms. The average molecular weight is 779 g/mol. The molecule has 6 N–H and O–H groups in total. The van der Waals surface area contributed by atoms with E-state index in [1.165, 1.54) is 6.07 Å². The van der Waals surface area contributed by atoms with Crippen LogP contribution in [0, 0.1) is 13.8 Å². The Morgan fingerprint density at radius 3 is 1.89 bits per heavy atom. The van der Waals surface area contributed by atoms with Crippen molar-refractivity contribution in [1.29, 1.82) is 0 Å². The van der Waals surface area contributed by atoms with Crippen LogP contribution in [0.4, 0.5) is 0 Å². The molecule has 19 heteroatoms. The lowest BCUT2D eigenvalue weighted by Gasteiger charge is -2.11. The van der Waals surface area contributed by atoms with Gasteiger partial charge >= 0.3 is 0 Å². The van der Waals surface area contributed by atoms with Crippen LogP contribution < -0.4 is 27.4 Å². The van der Waals surface area contributed by atoms with Crippen molar-refractivity contribution >= 4 is 52.2 Å². The average Bonchev–Trinajstić information content (AvgIpc) is 3.95. The molecule has 0 radical (unpaired) electrons. The number of hydrogen-bond acceptors (Lipinski definition) is 9. The fourth-order valence-electron chi connectivity index (χ4n) is 6.35. The smallest absolute Gasteiger partial charge is 0.298 e. The topological polar surface area (TPSA) is 258 Å². The number of hydrogen-bond donors (Lipinski definition) is 4. The Balaban J connectivity index is 1.43. The van der Waals surface area contributed by atoms with E-state index in [1.54, 1.807) is 68.7 Å². The Bertz CT molecular complexity index is 2700. The first-order valence-electron chi connectivity index (χ1n) is 18.1. The molecule has 0 bridgehead atoms. The minimum absolute atomic E-state index is 0.120. The molecule has 4 heterocycles. The number of fused-ring (bicyclic) bond motifs is 2. The first-order valence-corrected chi connectivity index (χ1v) is 18.1. The van der Waals surface area contributed by atoms with E-state index in [0.717, 1.165) is 0 Å². The molecule has 0 saturated heterocycles. The molecular weight excluding hydrogens is 736 g/mol. The highest BCUT2D eigenvalue weighted by Gasteiger charge is 2.19. The summed E-state index contributed by atoms with van der Waals surface area (Å²) in [5.41, 5.74) is 16.0. The summed E-state index contributed by atoms with van der Waals surface area (Å²) < 4.78 is 17.5. The van der Waals surface area contributed by atoms with E-state index < -0.39 is 23.6 Å². The van der Waals surface area contributed by atoms with E-state index >= 15 is 0 Å². The van der Waals surface area contributed by atoms with Gasteiger partial charge in [-0.1, -0.05) is 12.2 Å². The van der Waals surface area contributed by atoms with Crippen LogP contribution in [-0.4, -0.2) is 82.0 Å². The molecule has 296 valence electrons. The van der Waals surface area contributed by atoms with Gasteiger partial charge in [-0.15, -0.1) is 0 Å². The molecule has 19 nitrogen and oxygen atoms in total. The SMILES string of the molecule is CCn1nc(C)cc1C(=O)/N=c1/[nH]c2cc(C(N)=O)ccc2n1C/C=C/Cn1/c(=N\C(=O)c2cc(C)nn2CC)[nH]c2cc(C(N)=O)cc(OCCCOC=O)c21. The van der Waals surface area contributed by atoms with Gasteiger partial charge in [0.2, 0.25) is 23.1 Å². The quantitative estimate of drug-likeness (QED) is 0.0637. The Labute approximate surface area is 324 Å². The van der Waals surface area contributed by atoms with Crippen LogP contribution in [0.2, 0.25) is 0 Å². The van der Waals surface area contributed by atoms with Crippen LogP contribution in [0.25, 0.3) is 22.1 Å². The fourth-order valence-corrected chi connectivity index (χ4v) is 6.35. The molecule has 0 saturated carbocycles. The van der Waals surface area contributed by atoms with Gasteiger partial charge in [0.25, 0.3) is 18.3 Å². The van der Waals surface area contributed by atoms with E-state index in [4.69, 9.17) is 20.9 Å². The summed E-state index contributed by atoms with van der Waals surface area (Å²) in [5.74, 6) is -2.09. The lowest BCUT2D eigenvalue weighted by Crippen LogP contribution is -2.22. The monoisotopic (exact) mass is 778 g/mol. The molecule has 6 aromatic rings. The van der Waals surface area contributed by atoms with Crippen molar-refractivity contribution in [2.24, 2.45) is 21.5 Å². The minimum atomic E-state index is -0.698. The summed E-state index contributed by atoms with van der Waals surface area (Å²) in [5, 5.41) is 8.73. The van der Waals surface area contributed by atoms with Crippen LogP contribution in [0.15, 0.2) is 64.6 Å². The highest BCUT2D eigenvalue weighted by atomic mass is 16.5. The minimum Gasteiger partial charge on any atom is -0.491 e. The first kappa shape index (κ1) is 39.4. The number of carbonyl (C=O) groups is 5. The highest BCUT2D eigenvalue weighted by Crippen LogP contribution is 2.27. The van der Waals surface area contributed by atoms with Crippen LogP contribution in [0.3, 0.4) is 0 Å². The maximum Gasteiger partial charge on any atom is 0.298 e. The molecule has 4 amide bonds. The summed E-state index contributed by atoms with van der Waals surface area (Å²) in [6, 6.07) is 11.3. The number of nitrogens with one attached hydrogen (secondary N) is 2. The lowest BCUT2D eigenvalue weighted by atomic mass is 10.1. The van der Waals surface area contributed by atoms with Gasteiger partial charge in [0.1, 0.15) is 22.7 Å². The van der Waals surface area contributed by atoms with Crippen molar-refractivity contribution < 1.29 is 33.4 Å². The van der Waals surface area contributed by atoms with E-state index in [9.17, 15) is 24.0 Å². The molecule has 0 fully saturated rings. The van der Waals surface area contributed by atoms with Gasteiger partial charge in [0, 0.05) is 43.7 Å². The summed E-state index contributed by atoms with van der Waals surface area (Å²) in [6.07, 6.45) is 4.02. The zero-order valence-corrected chi connectivity index (χ0v) is 31.8. The molecule has 0 atom stereocenters. The number of amides is 4. The second-order valence-corrected chi connectivity index (χ2v) is 12.9. The maximum absolute atomic E-state index is 13.6. The number of aryl methyl sites for hydroxylation is 4. The van der Waals surface area contributed by atoms with Crippen LogP contribution in [-0.2, 0) is 35.7 Å². The normalized spacial score (nSPS) is 12.3. The molecule has 0 aliphatic heterocycles. The molecule has 57 heavy (non-hydrogen) atoms. The number of aromatic nitrogens is 8. The number of benzene rings is 2.